The minimum atomic E-state index is 0.00116. The zero-order chi connectivity index (χ0) is 13.2. The van der Waals surface area contributed by atoms with Crippen LogP contribution < -0.4 is 0 Å². The molecule has 19 heavy (non-hydrogen) atoms. The van der Waals surface area contributed by atoms with Gasteiger partial charge in [-0.05, 0) is 38.3 Å². The number of H-pyrrole nitrogens is 1. The van der Waals surface area contributed by atoms with Crippen LogP contribution in [0.2, 0.25) is 0 Å². The number of hydrogen-bond donors (Lipinski definition) is 1. The number of nitrogens with one attached hydrogen (secondary N) is 1. The molecule has 1 fully saturated rings. The molecule has 0 aliphatic carbocycles. The highest BCUT2D eigenvalue weighted by Crippen LogP contribution is 2.21. The molecule has 0 bridgehead atoms. The van der Waals surface area contributed by atoms with E-state index in [0.717, 1.165) is 25.1 Å². The van der Waals surface area contributed by atoms with Crippen molar-refractivity contribution in [2.24, 2.45) is 0 Å². The van der Waals surface area contributed by atoms with Crippen LogP contribution in [0.3, 0.4) is 0 Å². The molecule has 0 aromatic carbocycles. The van der Waals surface area contributed by atoms with E-state index in [1.54, 1.807) is 12.3 Å². The van der Waals surface area contributed by atoms with Crippen molar-refractivity contribution < 1.29 is 9.21 Å². The van der Waals surface area contributed by atoms with Crippen LogP contribution in [0.25, 0.3) is 11.5 Å². The number of rotatable bonds is 2. The van der Waals surface area contributed by atoms with Gasteiger partial charge >= 0.3 is 0 Å². The number of likely N-dealkylation sites (tertiary alicyclic amines) is 1. The lowest BCUT2D eigenvalue weighted by atomic mass is 10.0. The Hall–Kier alpha value is -2.04. The third kappa shape index (κ3) is 2.28. The Morgan fingerprint density at radius 2 is 2.42 bits per heavy atom. The molecule has 0 radical (unpaired) electrons. The van der Waals surface area contributed by atoms with Crippen molar-refractivity contribution in [3.8, 4) is 11.5 Å². The van der Waals surface area contributed by atoms with Crippen LogP contribution >= 0.6 is 0 Å². The van der Waals surface area contributed by atoms with Crippen molar-refractivity contribution in [2.75, 3.05) is 6.54 Å². The third-order valence-electron chi connectivity index (χ3n) is 3.65. The van der Waals surface area contributed by atoms with Gasteiger partial charge in [-0.3, -0.25) is 9.89 Å². The van der Waals surface area contributed by atoms with Crippen molar-refractivity contribution >= 4 is 5.91 Å². The van der Waals surface area contributed by atoms with Crippen molar-refractivity contribution in [2.45, 2.75) is 32.2 Å². The highest BCUT2D eigenvalue weighted by molar-refractivity contribution is 5.93. The largest absolute Gasteiger partial charge is 0.463 e. The van der Waals surface area contributed by atoms with E-state index in [-0.39, 0.29) is 5.91 Å². The number of piperidine rings is 1. The lowest BCUT2D eigenvalue weighted by Gasteiger charge is -2.32. The number of amides is 1. The van der Waals surface area contributed by atoms with Crippen molar-refractivity contribution in [3.05, 3.63) is 30.2 Å². The van der Waals surface area contributed by atoms with E-state index in [1.165, 1.54) is 6.42 Å². The normalized spacial score (nSPS) is 19.6. The van der Waals surface area contributed by atoms with Crippen molar-refractivity contribution in [1.82, 2.24) is 15.1 Å². The molecule has 0 unspecified atom stereocenters. The first-order valence-electron chi connectivity index (χ1n) is 6.66. The van der Waals surface area contributed by atoms with Gasteiger partial charge in [-0.25, -0.2) is 0 Å². The summed E-state index contributed by atoms with van der Waals surface area (Å²) >= 11 is 0. The van der Waals surface area contributed by atoms with Gasteiger partial charge in [-0.2, -0.15) is 5.10 Å². The summed E-state index contributed by atoms with van der Waals surface area (Å²) in [4.78, 5) is 14.3. The molecule has 2 aromatic rings. The van der Waals surface area contributed by atoms with E-state index in [1.807, 2.05) is 17.0 Å². The van der Waals surface area contributed by atoms with Crippen LogP contribution in [0.5, 0.6) is 0 Å². The van der Waals surface area contributed by atoms with Gasteiger partial charge in [-0.15, -0.1) is 0 Å². The van der Waals surface area contributed by atoms with Crippen molar-refractivity contribution in [1.29, 1.82) is 0 Å². The monoisotopic (exact) mass is 259 g/mol. The topological polar surface area (TPSA) is 62.1 Å². The Labute approximate surface area is 111 Å². The SMILES string of the molecule is C[C@@H]1CCCCN1C(=O)c1cc(-c2ccco2)[nH]n1. The summed E-state index contributed by atoms with van der Waals surface area (Å²) in [5.74, 6) is 0.694. The van der Waals surface area contributed by atoms with E-state index < -0.39 is 0 Å². The molecule has 0 saturated carbocycles. The highest BCUT2D eigenvalue weighted by Gasteiger charge is 2.26. The van der Waals surface area contributed by atoms with Gasteiger partial charge in [0.2, 0.25) is 0 Å². The van der Waals surface area contributed by atoms with Gasteiger partial charge in [-0.1, -0.05) is 0 Å². The predicted octanol–water partition coefficient (Wildman–Crippen LogP) is 2.68. The van der Waals surface area contributed by atoms with Crippen molar-refractivity contribution in [3.63, 3.8) is 0 Å². The molecule has 1 aliphatic heterocycles. The maximum atomic E-state index is 12.4. The second-order valence-electron chi connectivity index (χ2n) is 4.99. The molecule has 1 atom stereocenters. The zero-order valence-electron chi connectivity index (χ0n) is 10.9. The van der Waals surface area contributed by atoms with Crippen LogP contribution in [0, 0.1) is 0 Å². The molecule has 1 N–H and O–H groups in total. The van der Waals surface area contributed by atoms with Gasteiger partial charge in [0.15, 0.2) is 11.5 Å². The molecule has 5 nitrogen and oxygen atoms in total. The van der Waals surface area contributed by atoms with Crippen LogP contribution in [0.15, 0.2) is 28.9 Å². The lowest BCUT2D eigenvalue weighted by Crippen LogP contribution is -2.42. The number of aromatic amines is 1. The number of carbonyl (C=O) groups excluding carboxylic acids is 1. The minimum absolute atomic E-state index is 0.00116. The Kier molecular flexibility index (Phi) is 3.11. The quantitative estimate of drug-likeness (QED) is 0.901. The molecular weight excluding hydrogens is 242 g/mol. The molecular formula is C14H17N3O2. The maximum Gasteiger partial charge on any atom is 0.274 e. The summed E-state index contributed by atoms with van der Waals surface area (Å²) in [6, 6.07) is 5.70. The second kappa shape index (κ2) is 4.91. The van der Waals surface area contributed by atoms with Gasteiger partial charge in [0.25, 0.3) is 5.91 Å². The number of carbonyl (C=O) groups is 1. The van der Waals surface area contributed by atoms with Crippen LogP contribution in [-0.4, -0.2) is 33.6 Å². The summed E-state index contributed by atoms with van der Waals surface area (Å²) in [7, 11) is 0. The number of hydrogen-bond acceptors (Lipinski definition) is 3. The number of nitrogens with zero attached hydrogens (tertiary/aromatic N) is 2. The number of furan rings is 1. The molecule has 0 spiro atoms. The lowest BCUT2D eigenvalue weighted by molar-refractivity contribution is 0.0629. The van der Waals surface area contributed by atoms with Gasteiger partial charge < -0.3 is 9.32 Å². The van der Waals surface area contributed by atoms with Crippen LogP contribution in [0.1, 0.15) is 36.7 Å². The molecule has 1 amide bonds. The fourth-order valence-electron chi connectivity index (χ4n) is 2.54. The molecule has 2 aromatic heterocycles. The molecule has 1 saturated heterocycles. The Bertz CT molecular complexity index is 559. The average molecular weight is 259 g/mol. The molecule has 3 rings (SSSR count). The molecule has 1 aliphatic rings. The maximum absolute atomic E-state index is 12.4. The standard InChI is InChI=1S/C14H17N3O2/c1-10-5-2-3-7-17(10)14(18)12-9-11(15-16-12)13-6-4-8-19-13/h4,6,8-10H,2-3,5,7H2,1H3,(H,15,16)/t10-/m1/s1. The highest BCUT2D eigenvalue weighted by atomic mass is 16.3. The second-order valence-corrected chi connectivity index (χ2v) is 4.99. The molecule has 100 valence electrons. The first-order chi connectivity index (χ1) is 9.25. The summed E-state index contributed by atoms with van der Waals surface area (Å²) in [6.45, 7) is 2.92. The fourth-order valence-corrected chi connectivity index (χ4v) is 2.54. The summed E-state index contributed by atoms with van der Waals surface area (Å²) in [6.07, 6.45) is 4.94. The zero-order valence-corrected chi connectivity index (χ0v) is 10.9. The smallest absolute Gasteiger partial charge is 0.274 e. The van der Waals surface area contributed by atoms with Crippen LogP contribution in [-0.2, 0) is 0 Å². The summed E-state index contributed by atoms with van der Waals surface area (Å²) in [5, 5.41) is 6.96. The Morgan fingerprint density at radius 1 is 1.53 bits per heavy atom. The van der Waals surface area contributed by atoms with Crippen LogP contribution in [0.4, 0.5) is 0 Å². The van der Waals surface area contributed by atoms with E-state index in [2.05, 4.69) is 17.1 Å². The summed E-state index contributed by atoms with van der Waals surface area (Å²) in [5.41, 5.74) is 1.19. The Morgan fingerprint density at radius 3 is 3.16 bits per heavy atom. The molecule has 5 heteroatoms. The van der Waals surface area contributed by atoms with E-state index >= 15 is 0 Å². The van der Waals surface area contributed by atoms with Gasteiger partial charge in [0, 0.05) is 18.7 Å². The fraction of sp³-hybridized carbons (Fsp3) is 0.429. The average Bonchev–Trinajstić information content (AvgIpc) is 3.09. The third-order valence-corrected chi connectivity index (χ3v) is 3.65. The predicted molar refractivity (Wildman–Crippen MR) is 70.6 cm³/mol. The van der Waals surface area contributed by atoms with Gasteiger partial charge in [0.1, 0.15) is 5.69 Å². The van der Waals surface area contributed by atoms with E-state index in [9.17, 15) is 4.79 Å². The minimum Gasteiger partial charge on any atom is -0.463 e. The Balaban J connectivity index is 1.80. The van der Waals surface area contributed by atoms with Gasteiger partial charge in [0.05, 0.1) is 6.26 Å². The number of aromatic nitrogens is 2. The first-order valence-corrected chi connectivity index (χ1v) is 6.66. The first kappa shape index (κ1) is 12.0. The molecule has 3 heterocycles. The van der Waals surface area contributed by atoms with E-state index in [0.29, 0.717) is 17.5 Å². The van der Waals surface area contributed by atoms with E-state index in [4.69, 9.17) is 4.42 Å². The summed E-state index contributed by atoms with van der Waals surface area (Å²) < 4.78 is 5.28.